The van der Waals surface area contributed by atoms with E-state index in [4.69, 9.17) is 4.43 Å². The molecule has 0 atom stereocenters. The highest BCUT2D eigenvalue weighted by Crippen LogP contribution is 2.37. The van der Waals surface area contributed by atoms with Crippen molar-refractivity contribution in [1.82, 2.24) is 20.4 Å². The molecule has 2 aromatic heterocycles. The van der Waals surface area contributed by atoms with Crippen LogP contribution in [0.25, 0.3) is 11.4 Å². The van der Waals surface area contributed by atoms with Gasteiger partial charge in [0, 0.05) is 6.07 Å². The molecule has 0 aliphatic heterocycles. The summed E-state index contributed by atoms with van der Waals surface area (Å²) in [7, 11) is -1.91. The molecular weight excluding hydrogens is 326 g/mol. The first-order chi connectivity index (χ1) is 11.0. The van der Waals surface area contributed by atoms with Crippen LogP contribution in [0.4, 0.5) is 5.69 Å². The second kappa shape index (κ2) is 6.40. The van der Waals surface area contributed by atoms with Gasteiger partial charge in [0.1, 0.15) is 17.1 Å². The third-order valence-corrected chi connectivity index (χ3v) is 8.97. The number of hydrogen-bond donors (Lipinski definition) is 1. The van der Waals surface area contributed by atoms with Gasteiger partial charge in [0.15, 0.2) is 8.32 Å². The predicted molar refractivity (Wildman–Crippen MR) is 93.0 cm³/mol. The predicted octanol–water partition coefficient (Wildman–Crippen LogP) is 3.61. The van der Waals surface area contributed by atoms with Gasteiger partial charge < -0.3 is 4.43 Å². The lowest BCUT2D eigenvalue weighted by Crippen LogP contribution is -2.40. The van der Waals surface area contributed by atoms with Gasteiger partial charge in [0.05, 0.1) is 17.2 Å². The van der Waals surface area contributed by atoms with E-state index >= 15 is 0 Å². The monoisotopic (exact) mass is 349 g/mol. The van der Waals surface area contributed by atoms with Crippen molar-refractivity contribution in [2.24, 2.45) is 0 Å². The van der Waals surface area contributed by atoms with Crippen LogP contribution in [0.5, 0.6) is 0 Å². The Hall–Kier alpha value is -2.13. The maximum absolute atomic E-state index is 10.9. The average molecular weight is 349 g/mol. The molecule has 2 rings (SSSR count). The largest absolute Gasteiger partial charge is 0.411 e. The first-order valence-corrected chi connectivity index (χ1v) is 10.6. The van der Waals surface area contributed by atoms with E-state index in [0.717, 1.165) is 0 Å². The van der Waals surface area contributed by atoms with Crippen LogP contribution in [0.3, 0.4) is 0 Å². The maximum Gasteiger partial charge on any atom is 0.290 e. The van der Waals surface area contributed by atoms with E-state index in [0.29, 0.717) is 29.4 Å². The Morgan fingerprint density at radius 3 is 2.50 bits per heavy atom. The van der Waals surface area contributed by atoms with Crippen LogP contribution < -0.4 is 0 Å². The van der Waals surface area contributed by atoms with E-state index in [1.165, 1.54) is 6.07 Å². The molecule has 0 saturated heterocycles. The molecule has 2 heterocycles. The zero-order valence-electron chi connectivity index (χ0n) is 14.9. The van der Waals surface area contributed by atoms with Gasteiger partial charge in [0.2, 0.25) is 0 Å². The topological polar surface area (TPSA) is 107 Å². The van der Waals surface area contributed by atoms with E-state index < -0.39 is 13.2 Å². The molecule has 0 aliphatic carbocycles. The molecular formula is C15H23N5O3Si. The molecule has 8 nitrogen and oxygen atoms in total. The fourth-order valence-electron chi connectivity index (χ4n) is 1.90. The molecule has 0 radical (unpaired) electrons. The molecule has 2 aromatic rings. The van der Waals surface area contributed by atoms with Crippen LogP contribution in [0.15, 0.2) is 12.1 Å². The first-order valence-electron chi connectivity index (χ1n) is 7.69. The highest BCUT2D eigenvalue weighted by atomic mass is 28.4. The number of aryl methyl sites for hydroxylation is 1. The van der Waals surface area contributed by atoms with Crippen LogP contribution >= 0.6 is 0 Å². The molecule has 0 spiro atoms. The number of nitrogens with one attached hydrogen (secondary N) is 1. The van der Waals surface area contributed by atoms with Crippen molar-refractivity contribution in [2.45, 2.75) is 52.4 Å². The van der Waals surface area contributed by atoms with E-state index in [2.05, 4.69) is 54.3 Å². The summed E-state index contributed by atoms with van der Waals surface area (Å²) in [6.45, 7) is 12.8. The zero-order chi connectivity index (χ0) is 18.1. The summed E-state index contributed by atoms with van der Waals surface area (Å²) in [5, 5.41) is 21.9. The second-order valence-corrected chi connectivity index (χ2v) is 12.0. The fraction of sp³-hybridized carbons (Fsp3) is 0.533. The number of pyridine rings is 1. The molecule has 0 amide bonds. The summed E-state index contributed by atoms with van der Waals surface area (Å²) in [5.41, 5.74) is 2.09. The molecule has 24 heavy (non-hydrogen) atoms. The van der Waals surface area contributed by atoms with Crippen LogP contribution in [0.2, 0.25) is 18.1 Å². The number of hydrogen-bond acceptors (Lipinski definition) is 6. The summed E-state index contributed by atoms with van der Waals surface area (Å²) in [4.78, 5) is 14.7. The minimum absolute atomic E-state index is 0.0127. The Morgan fingerprint density at radius 2 is 1.96 bits per heavy atom. The number of H-pyrrole nitrogens is 1. The lowest BCUT2D eigenvalue weighted by Gasteiger charge is -2.35. The van der Waals surface area contributed by atoms with Crippen molar-refractivity contribution in [1.29, 1.82) is 0 Å². The Morgan fingerprint density at radius 1 is 1.29 bits per heavy atom. The van der Waals surface area contributed by atoms with Gasteiger partial charge in [-0.05, 0) is 31.1 Å². The highest BCUT2D eigenvalue weighted by Gasteiger charge is 2.37. The van der Waals surface area contributed by atoms with Crippen molar-refractivity contribution in [3.63, 3.8) is 0 Å². The van der Waals surface area contributed by atoms with Crippen molar-refractivity contribution in [2.75, 3.05) is 0 Å². The molecule has 0 aliphatic rings. The third kappa shape index (κ3) is 3.67. The second-order valence-electron chi connectivity index (χ2n) is 7.23. The van der Waals surface area contributed by atoms with E-state index in [-0.39, 0.29) is 10.7 Å². The summed E-state index contributed by atoms with van der Waals surface area (Å²) in [6.07, 6.45) is 0. The van der Waals surface area contributed by atoms with Crippen LogP contribution in [0.1, 0.15) is 32.2 Å². The fourth-order valence-corrected chi connectivity index (χ4v) is 2.83. The quantitative estimate of drug-likeness (QED) is 0.502. The Bertz CT molecular complexity index is 752. The Kier molecular flexibility index (Phi) is 4.86. The van der Waals surface area contributed by atoms with Crippen molar-refractivity contribution >= 4 is 14.0 Å². The van der Waals surface area contributed by atoms with E-state index in [1.54, 1.807) is 13.0 Å². The van der Waals surface area contributed by atoms with E-state index in [9.17, 15) is 10.1 Å². The van der Waals surface area contributed by atoms with Gasteiger partial charge in [-0.1, -0.05) is 20.8 Å². The summed E-state index contributed by atoms with van der Waals surface area (Å²) in [5.74, 6) is 0. The zero-order valence-corrected chi connectivity index (χ0v) is 15.9. The normalized spacial score (nSPS) is 12.4. The number of rotatable bonds is 5. The molecule has 0 saturated carbocycles. The van der Waals surface area contributed by atoms with Gasteiger partial charge >= 0.3 is 0 Å². The molecule has 130 valence electrons. The Balaban J connectivity index is 2.25. The van der Waals surface area contributed by atoms with Gasteiger partial charge in [-0.25, -0.2) is 4.98 Å². The van der Waals surface area contributed by atoms with Crippen LogP contribution in [0, 0.1) is 17.0 Å². The molecule has 0 aromatic carbocycles. The molecule has 9 heteroatoms. The smallest absolute Gasteiger partial charge is 0.290 e. The van der Waals surface area contributed by atoms with Crippen molar-refractivity contribution in [3.05, 3.63) is 33.6 Å². The van der Waals surface area contributed by atoms with Crippen LogP contribution in [-0.2, 0) is 11.0 Å². The van der Waals surface area contributed by atoms with Gasteiger partial charge in [0.25, 0.3) is 5.69 Å². The van der Waals surface area contributed by atoms with Gasteiger partial charge in [-0.2, -0.15) is 15.4 Å². The number of aromatic nitrogens is 4. The molecule has 0 bridgehead atoms. The maximum atomic E-state index is 10.9. The lowest BCUT2D eigenvalue weighted by atomic mass is 10.2. The van der Waals surface area contributed by atoms with Crippen molar-refractivity contribution < 1.29 is 9.35 Å². The average Bonchev–Trinajstić information content (AvgIpc) is 2.91. The third-order valence-electron chi connectivity index (χ3n) is 4.49. The number of nitrogens with zero attached hydrogens (tertiary/aromatic N) is 4. The summed E-state index contributed by atoms with van der Waals surface area (Å²) in [6, 6.07) is 3.02. The van der Waals surface area contributed by atoms with Gasteiger partial charge in [-0.3, -0.25) is 10.1 Å². The standard InChI is InChI=1S/C15H23N5O3Si/c1-10-13(20(21)22)8-7-11(16-10)14-12(17-19-18-14)9-23-24(5,6)15(2,3)4/h7-8H,9H2,1-6H3,(H,17,18,19). The molecule has 0 unspecified atom stereocenters. The van der Waals surface area contributed by atoms with Crippen molar-refractivity contribution in [3.8, 4) is 11.4 Å². The van der Waals surface area contributed by atoms with E-state index in [1.807, 2.05) is 0 Å². The minimum atomic E-state index is -1.91. The minimum Gasteiger partial charge on any atom is -0.411 e. The highest BCUT2D eigenvalue weighted by molar-refractivity contribution is 6.74. The van der Waals surface area contributed by atoms with Crippen LogP contribution in [-0.4, -0.2) is 33.6 Å². The number of aromatic amines is 1. The number of nitro groups is 1. The lowest BCUT2D eigenvalue weighted by molar-refractivity contribution is -0.385. The van der Waals surface area contributed by atoms with Gasteiger partial charge in [-0.15, -0.1) is 0 Å². The SMILES string of the molecule is Cc1nc(-c2n[nH]nc2CO[Si](C)(C)C(C)(C)C)ccc1[N+](=O)[O-]. The molecule has 1 N–H and O–H groups in total. The Labute approximate surface area is 141 Å². The first kappa shape index (κ1) is 18.2. The summed E-state index contributed by atoms with van der Waals surface area (Å²) < 4.78 is 6.17. The summed E-state index contributed by atoms with van der Waals surface area (Å²) >= 11 is 0. The molecule has 0 fully saturated rings.